The number of imide groups is 1. The summed E-state index contributed by atoms with van der Waals surface area (Å²) in [7, 11) is 0. The van der Waals surface area contributed by atoms with Crippen LogP contribution in [0.15, 0.2) is 41.3 Å². The second-order valence-corrected chi connectivity index (χ2v) is 6.35. The number of hydrogen-bond acceptors (Lipinski definition) is 7. The number of nitrogens with one attached hydrogen (secondary N) is 1. The Balaban J connectivity index is 1.77. The van der Waals surface area contributed by atoms with Crippen LogP contribution in [0.4, 0.5) is 0 Å². The summed E-state index contributed by atoms with van der Waals surface area (Å²) in [6.45, 7) is 1.67. The van der Waals surface area contributed by atoms with Crippen LogP contribution in [0.5, 0.6) is 0 Å². The zero-order valence-electron chi connectivity index (χ0n) is 14.3. The van der Waals surface area contributed by atoms with E-state index in [1.54, 1.807) is 18.3 Å². The van der Waals surface area contributed by atoms with Gasteiger partial charge in [-0.15, -0.1) is 0 Å². The first-order valence-electron chi connectivity index (χ1n) is 8.38. The van der Waals surface area contributed by atoms with E-state index in [-0.39, 0.29) is 13.0 Å². The van der Waals surface area contributed by atoms with Crippen molar-refractivity contribution in [1.29, 1.82) is 0 Å². The number of rotatable bonds is 5. The number of aliphatic hydroxyl groups excluding tert-OH is 2. The minimum Gasteiger partial charge on any atom is -0.444 e. The highest BCUT2D eigenvalue weighted by atomic mass is 16.3. The summed E-state index contributed by atoms with van der Waals surface area (Å²) >= 11 is 0. The van der Waals surface area contributed by atoms with Crippen molar-refractivity contribution in [3.63, 3.8) is 0 Å². The Morgan fingerprint density at radius 3 is 2.65 bits per heavy atom. The molecule has 1 aliphatic rings. The first-order chi connectivity index (χ1) is 12.5. The van der Waals surface area contributed by atoms with Gasteiger partial charge in [0.05, 0.1) is 24.9 Å². The van der Waals surface area contributed by atoms with Crippen molar-refractivity contribution < 1.29 is 24.2 Å². The van der Waals surface area contributed by atoms with Crippen LogP contribution in [-0.4, -0.2) is 56.7 Å². The molecule has 8 nitrogen and oxygen atoms in total. The van der Waals surface area contributed by atoms with Gasteiger partial charge < -0.3 is 19.9 Å². The maximum atomic E-state index is 12.7. The SMILES string of the molecule is C[C@H](O)C(=O)N(Cc1ccc(-c2cnco2)cc1)C(=O)[C@@H]1C[C@@H](O)CN1. The third kappa shape index (κ3) is 3.98. The van der Waals surface area contributed by atoms with Crippen molar-refractivity contribution >= 4 is 11.8 Å². The summed E-state index contributed by atoms with van der Waals surface area (Å²) in [6, 6.07) is 6.54. The van der Waals surface area contributed by atoms with E-state index in [2.05, 4.69) is 10.3 Å². The van der Waals surface area contributed by atoms with E-state index in [0.717, 1.165) is 16.0 Å². The highest BCUT2D eigenvalue weighted by molar-refractivity contribution is 5.99. The molecule has 3 rings (SSSR count). The van der Waals surface area contributed by atoms with Gasteiger partial charge in [-0.1, -0.05) is 24.3 Å². The lowest BCUT2D eigenvalue weighted by Gasteiger charge is -2.25. The normalized spacial score (nSPS) is 20.7. The van der Waals surface area contributed by atoms with Gasteiger partial charge in [0.15, 0.2) is 12.2 Å². The molecule has 0 unspecified atom stereocenters. The number of oxazole rings is 1. The minimum atomic E-state index is -1.29. The van der Waals surface area contributed by atoms with Gasteiger partial charge in [-0.2, -0.15) is 0 Å². The number of benzene rings is 1. The summed E-state index contributed by atoms with van der Waals surface area (Å²) in [4.78, 5) is 29.9. The molecule has 2 amide bonds. The van der Waals surface area contributed by atoms with E-state index in [1.165, 1.54) is 13.3 Å². The average Bonchev–Trinajstić information content (AvgIpc) is 3.31. The van der Waals surface area contributed by atoms with Gasteiger partial charge in [-0.3, -0.25) is 14.5 Å². The summed E-state index contributed by atoms with van der Waals surface area (Å²) in [5.74, 6) is -0.502. The molecule has 138 valence electrons. The van der Waals surface area contributed by atoms with Crippen LogP contribution in [0, 0.1) is 0 Å². The molecule has 0 bridgehead atoms. The third-order valence-electron chi connectivity index (χ3n) is 4.31. The lowest BCUT2D eigenvalue weighted by Crippen LogP contribution is -2.49. The van der Waals surface area contributed by atoms with Crippen molar-refractivity contribution in [1.82, 2.24) is 15.2 Å². The Morgan fingerprint density at radius 1 is 1.38 bits per heavy atom. The number of β-amino-alcohol motifs (C(OH)–C–C–N with tert-alkyl or cyclic N) is 1. The van der Waals surface area contributed by atoms with Crippen molar-refractivity contribution in [3.8, 4) is 11.3 Å². The molecule has 26 heavy (non-hydrogen) atoms. The van der Waals surface area contributed by atoms with E-state index >= 15 is 0 Å². The Hall–Kier alpha value is -2.55. The van der Waals surface area contributed by atoms with Gasteiger partial charge in [0.2, 0.25) is 5.91 Å². The Morgan fingerprint density at radius 2 is 2.12 bits per heavy atom. The molecule has 1 saturated heterocycles. The summed E-state index contributed by atoms with van der Waals surface area (Å²) < 4.78 is 5.23. The van der Waals surface area contributed by atoms with Crippen molar-refractivity contribution in [2.45, 2.75) is 38.1 Å². The second-order valence-electron chi connectivity index (χ2n) is 6.35. The summed E-state index contributed by atoms with van der Waals surface area (Å²) in [6.07, 6.45) is 1.27. The molecule has 8 heteroatoms. The van der Waals surface area contributed by atoms with Gasteiger partial charge in [-0.25, -0.2) is 4.98 Å². The molecule has 0 radical (unpaired) electrons. The van der Waals surface area contributed by atoms with E-state index in [1.807, 2.05) is 12.1 Å². The molecular weight excluding hydrogens is 338 g/mol. The van der Waals surface area contributed by atoms with Gasteiger partial charge in [0, 0.05) is 12.1 Å². The molecule has 1 aromatic heterocycles. The quantitative estimate of drug-likeness (QED) is 0.703. The van der Waals surface area contributed by atoms with Crippen molar-refractivity contribution in [2.75, 3.05) is 6.54 Å². The average molecular weight is 359 g/mol. The zero-order valence-corrected chi connectivity index (χ0v) is 14.3. The molecule has 0 spiro atoms. The molecule has 1 aliphatic heterocycles. The molecule has 3 N–H and O–H groups in total. The van der Waals surface area contributed by atoms with Crippen LogP contribution in [0.2, 0.25) is 0 Å². The molecule has 2 heterocycles. The molecule has 0 saturated carbocycles. The number of hydrogen-bond donors (Lipinski definition) is 3. The lowest BCUT2D eigenvalue weighted by atomic mass is 10.1. The molecule has 3 atom stereocenters. The summed E-state index contributed by atoms with van der Waals surface area (Å²) in [5, 5.41) is 22.2. The second kappa shape index (κ2) is 7.77. The molecule has 1 fully saturated rings. The van der Waals surface area contributed by atoms with E-state index in [9.17, 15) is 19.8 Å². The number of carbonyl (C=O) groups is 2. The van der Waals surface area contributed by atoms with Crippen LogP contribution < -0.4 is 5.32 Å². The van der Waals surface area contributed by atoms with Crippen LogP contribution in [0.25, 0.3) is 11.3 Å². The Bertz CT molecular complexity index is 758. The topological polar surface area (TPSA) is 116 Å². The first kappa shape index (κ1) is 18.2. The number of nitrogens with zero attached hydrogens (tertiary/aromatic N) is 2. The fraction of sp³-hybridized carbons (Fsp3) is 0.389. The van der Waals surface area contributed by atoms with Crippen molar-refractivity contribution in [3.05, 3.63) is 42.4 Å². The predicted molar refractivity (Wildman–Crippen MR) is 91.6 cm³/mol. The molecule has 1 aromatic carbocycles. The maximum absolute atomic E-state index is 12.7. The van der Waals surface area contributed by atoms with Crippen LogP contribution in [-0.2, 0) is 16.1 Å². The Kier molecular flexibility index (Phi) is 5.46. The van der Waals surface area contributed by atoms with Crippen molar-refractivity contribution in [2.24, 2.45) is 0 Å². The lowest BCUT2D eigenvalue weighted by molar-refractivity contribution is -0.151. The maximum Gasteiger partial charge on any atom is 0.258 e. The van der Waals surface area contributed by atoms with E-state index in [4.69, 9.17) is 4.42 Å². The molecule has 2 aromatic rings. The first-order valence-corrected chi connectivity index (χ1v) is 8.38. The zero-order chi connectivity index (χ0) is 18.7. The third-order valence-corrected chi connectivity index (χ3v) is 4.31. The smallest absolute Gasteiger partial charge is 0.258 e. The van der Waals surface area contributed by atoms with Crippen LogP contribution in [0.3, 0.4) is 0 Å². The molecule has 0 aliphatic carbocycles. The number of aromatic nitrogens is 1. The number of carbonyl (C=O) groups excluding carboxylic acids is 2. The number of aliphatic hydroxyl groups is 2. The van der Waals surface area contributed by atoms with Crippen LogP contribution >= 0.6 is 0 Å². The van der Waals surface area contributed by atoms with Crippen LogP contribution in [0.1, 0.15) is 18.9 Å². The van der Waals surface area contributed by atoms with E-state index < -0.39 is 30.1 Å². The fourth-order valence-corrected chi connectivity index (χ4v) is 2.90. The molecular formula is C18H21N3O5. The minimum absolute atomic E-state index is 0.0352. The van der Waals surface area contributed by atoms with Gasteiger partial charge in [-0.05, 0) is 18.9 Å². The predicted octanol–water partition coefficient (Wildman–Crippen LogP) is 0.300. The Labute approximate surface area is 150 Å². The van der Waals surface area contributed by atoms with E-state index in [0.29, 0.717) is 12.3 Å². The van der Waals surface area contributed by atoms with Gasteiger partial charge in [0.25, 0.3) is 5.91 Å². The van der Waals surface area contributed by atoms with Gasteiger partial charge >= 0.3 is 0 Å². The fourth-order valence-electron chi connectivity index (χ4n) is 2.90. The van der Waals surface area contributed by atoms with Gasteiger partial charge in [0.1, 0.15) is 6.10 Å². The highest BCUT2D eigenvalue weighted by Crippen LogP contribution is 2.20. The highest BCUT2D eigenvalue weighted by Gasteiger charge is 2.35. The standard InChI is InChI=1S/C18H21N3O5/c1-11(22)17(24)21(18(25)15-6-14(23)7-20-15)9-12-2-4-13(5-3-12)16-8-19-10-26-16/h2-5,8,10-11,14-15,20,22-23H,6-7,9H2,1H3/t11-,14+,15-/m0/s1. The summed E-state index contributed by atoms with van der Waals surface area (Å²) in [5.41, 5.74) is 1.56. The monoisotopic (exact) mass is 359 g/mol. The number of amides is 2. The largest absolute Gasteiger partial charge is 0.444 e.